The minimum Gasteiger partial charge on any atom is -0.255 e. The van der Waals surface area contributed by atoms with Gasteiger partial charge in [-0.1, -0.05) is 303 Å². The predicted molar refractivity (Wildman–Crippen MR) is 438 cm³/mol. The van der Waals surface area contributed by atoms with Gasteiger partial charge < -0.3 is 0 Å². The van der Waals surface area contributed by atoms with Crippen LogP contribution in [-0.2, 0) is 0 Å². The van der Waals surface area contributed by atoms with Crippen molar-refractivity contribution in [2.75, 3.05) is 0 Å². The third-order valence-corrected chi connectivity index (χ3v) is 18.8. The topological polar surface area (TPSA) is 129 Å². The van der Waals surface area contributed by atoms with Gasteiger partial charge in [-0.3, -0.25) is 15.0 Å². The Hall–Kier alpha value is -14.7. The van der Waals surface area contributed by atoms with Gasteiger partial charge >= 0.3 is 0 Å². The van der Waals surface area contributed by atoms with Gasteiger partial charge in [0, 0.05) is 63.1 Å². The highest BCUT2D eigenvalue weighted by atomic mass is 14.9. The Morgan fingerprint density at radius 1 is 0.120 bits per heavy atom. The number of rotatable bonds is 16. The Balaban J connectivity index is 0.000000158. The average Bonchev–Trinajstić information content (AvgIpc) is 0.813. The zero-order chi connectivity index (χ0) is 72.2. The molecule has 0 aliphatic rings. The van der Waals surface area contributed by atoms with Crippen molar-refractivity contribution >= 4 is 0 Å². The van der Waals surface area contributed by atoms with Gasteiger partial charge in [0.2, 0.25) is 0 Å². The van der Waals surface area contributed by atoms with E-state index < -0.39 is 0 Å². The Bertz CT molecular complexity index is 5650. The van der Waals surface area contributed by atoms with Crippen LogP contribution in [0.1, 0.15) is 0 Å². The molecule has 0 atom stereocenters. The molecule has 108 heavy (non-hydrogen) atoms. The van der Waals surface area contributed by atoms with Crippen LogP contribution in [0.4, 0.5) is 0 Å². The number of nitrogens with zero attached hydrogens (tertiary/aromatic N) is 10. The van der Waals surface area contributed by atoms with Crippen LogP contribution >= 0.6 is 0 Å². The van der Waals surface area contributed by atoms with Crippen LogP contribution in [0.5, 0.6) is 0 Å². The molecule has 0 N–H and O–H groups in total. The number of pyridine rings is 6. The molecule has 10 heteroatoms. The minimum absolute atomic E-state index is 0.694. The van der Waals surface area contributed by atoms with E-state index in [9.17, 15) is 0 Å². The van der Waals surface area contributed by atoms with Gasteiger partial charge in [-0.05, 0) is 129 Å². The number of hydrogen-bond acceptors (Lipinski definition) is 10. The molecule has 0 saturated carbocycles. The standard InChI is InChI=1S/2C49H33N5/c1-4-13-34(14-5-1)41-31-47(43-19-10-11-30-50-43)52-48(32-41)44-21-12-20-42(51-44)39-26-22-35(23-27-39)36-24-28-40(29-25-36)49-53-45(37-15-6-2-7-16-37)33-46(54-49)38-17-8-3-9-18-38;1-4-12-34(13-5-1)42-30-47(43-18-10-11-29-50-43)52-48(31-42)44-28-27-41(33-51-44)37-21-19-35(20-22-37)36-23-25-40(26-24-36)49-53-45(38-14-6-2-7-15-38)32-46(54-49)39-16-8-3-9-17-39/h2*1-33H. The van der Waals surface area contributed by atoms with Gasteiger partial charge in [0.05, 0.1) is 74.0 Å². The van der Waals surface area contributed by atoms with Crippen molar-refractivity contribution in [3.05, 3.63) is 401 Å². The summed E-state index contributed by atoms with van der Waals surface area (Å²) in [4.78, 5) is 49.0. The van der Waals surface area contributed by atoms with Crippen molar-refractivity contribution in [3.8, 4) is 180 Å². The Morgan fingerprint density at radius 3 is 0.704 bits per heavy atom. The van der Waals surface area contributed by atoms with E-state index in [1.807, 2.05) is 176 Å². The van der Waals surface area contributed by atoms with Crippen LogP contribution in [0.15, 0.2) is 401 Å². The lowest BCUT2D eigenvalue weighted by molar-refractivity contribution is 1.18. The molecular formula is C98H66N10. The largest absolute Gasteiger partial charge is 0.255 e. The fraction of sp³-hybridized carbons (Fsp3) is 0. The summed E-state index contributed by atoms with van der Waals surface area (Å²) >= 11 is 0. The zero-order valence-electron chi connectivity index (χ0n) is 58.6. The molecule has 508 valence electrons. The fourth-order valence-corrected chi connectivity index (χ4v) is 13.2. The van der Waals surface area contributed by atoms with Crippen LogP contribution in [0, 0.1) is 0 Å². The zero-order valence-corrected chi connectivity index (χ0v) is 58.6. The highest BCUT2D eigenvalue weighted by Gasteiger charge is 2.18. The molecular weight excluding hydrogens is 1320 g/mol. The van der Waals surface area contributed by atoms with E-state index >= 15 is 0 Å². The second-order valence-corrected chi connectivity index (χ2v) is 26.0. The monoisotopic (exact) mass is 1380 g/mol. The van der Waals surface area contributed by atoms with E-state index in [4.69, 9.17) is 39.9 Å². The Labute approximate surface area is 627 Å². The average molecular weight is 1380 g/mol. The Morgan fingerprint density at radius 2 is 0.370 bits per heavy atom. The highest BCUT2D eigenvalue weighted by Crippen LogP contribution is 2.37. The predicted octanol–water partition coefficient (Wildman–Crippen LogP) is 24.0. The molecule has 0 aliphatic carbocycles. The molecule has 8 heterocycles. The summed E-state index contributed by atoms with van der Waals surface area (Å²) in [5, 5.41) is 0. The van der Waals surface area contributed by atoms with E-state index in [2.05, 4.69) is 222 Å². The molecule has 0 amide bonds. The second kappa shape index (κ2) is 31.1. The summed E-state index contributed by atoms with van der Waals surface area (Å²) in [5.74, 6) is 1.39. The third-order valence-electron chi connectivity index (χ3n) is 18.8. The van der Waals surface area contributed by atoms with Crippen molar-refractivity contribution in [2.45, 2.75) is 0 Å². The first-order chi connectivity index (χ1) is 53.5. The summed E-state index contributed by atoms with van der Waals surface area (Å²) in [6.45, 7) is 0. The highest BCUT2D eigenvalue weighted by molar-refractivity contribution is 5.81. The van der Waals surface area contributed by atoms with Gasteiger partial charge in [0.1, 0.15) is 0 Å². The summed E-state index contributed by atoms with van der Waals surface area (Å²) < 4.78 is 0. The molecule has 18 rings (SSSR count). The molecule has 0 saturated heterocycles. The summed E-state index contributed by atoms with van der Waals surface area (Å²) in [6, 6.07) is 130. The number of hydrogen-bond donors (Lipinski definition) is 0. The molecule has 0 radical (unpaired) electrons. The first-order valence-electron chi connectivity index (χ1n) is 35.8. The van der Waals surface area contributed by atoms with Crippen LogP contribution < -0.4 is 0 Å². The van der Waals surface area contributed by atoms with Crippen molar-refractivity contribution in [1.29, 1.82) is 0 Å². The van der Waals surface area contributed by atoms with E-state index in [1.165, 1.54) is 0 Å². The third kappa shape index (κ3) is 15.2. The van der Waals surface area contributed by atoms with Gasteiger partial charge in [-0.2, -0.15) is 0 Å². The van der Waals surface area contributed by atoms with Crippen LogP contribution in [-0.4, -0.2) is 49.8 Å². The van der Waals surface area contributed by atoms with Gasteiger partial charge in [-0.15, -0.1) is 0 Å². The first-order valence-corrected chi connectivity index (χ1v) is 35.8. The van der Waals surface area contributed by atoms with E-state index in [-0.39, 0.29) is 0 Å². The number of aromatic nitrogens is 10. The van der Waals surface area contributed by atoms with E-state index in [1.54, 1.807) is 12.4 Å². The molecule has 0 spiro atoms. The molecule has 0 bridgehead atoms. The molecule has 8 aromatic heterocycles. The van der Waals surface area contributed by atoms with Gasteiger partial charge in [0.25, 0.3) is 0 Å². The van der Waals surface area contributed by atoms with Crippen molar-refractivity contribution in [2.24, 2.45) is 0 Å². The lowest BCUT2D eigenvalue weighted by Gasteiger charge is -2.11. The maximum Gasteiger partial charge on any atom is 0.160 e. The van der Waals surface area contributed by atoms with E-state index in [0.29, 0.717) is 11.6 Å². The second-order valence-electron chi connectivity index (χ2n) is 26.0. The van der Waals surface area contributed by atoms with Crippen molar-refractivity contribution in [3.63, 3.8) is 0 Å². The van der Waals surface area contributed by atoms with Crippen LogP contribution in [0.25, 0.3) is 180 Å². The summed E-state index contributed by atoms with van der Waals surface area (Å²) in [7, 11) is 0. The van der Waals surface area contributed by atoms with E-state index in [0.717, 1.165) is 169 Å². The molecule has 0 aliphatic heterocycles. The fourth-order valence-electron chi connectivity index (χ4n) is 13.2. The van der Waals surface area contributed by atoms with Crippen LogP contribution in [0.3, 0.4) is 0 Å². The quantitative estimate of drug-likeness (QED) is 0.0922. The maximum absolute atomic E-state index is 5.09. The SMILES string of the molecule is c1ccc(-c2cc(-c3ccccn3)nc(-c3ccc(-c4ccc(-c5ccc(-c6nc(-c7ccccc7)cc(-c7ccccc7)n6)cc5)cc4)cn3)c2)cc1.c1ccc(-c2cc(-c3ccccn3)nc(-c3cccc(-c4ccc(-c5ccc(-c6nc(-c7ccccc7)cc(-c7ccccc7)n6)cc5)cc4)n3)c2)cc1. The molecule has 10 nitrogen and oxygen atoms in total. The molecule has 0 unspecified atom stereocenters. The molecule has 0 fully saturated rings. The normalized spacial score (nSPS) is 11.0. The lowest BCUT2D eigenvalue weighted by atomic mass is 9.99. The van der Waals surface area contributed by atoms with Crippen molar-refractivity contribution in [1.82, 2.24) is 49.8 Å². The summed E-state index contributed by atoms with van der Waals surface area (Å²) in [6.07, 6.45) is 5.51. The molecule has 18 aromatic rings. The smallest absolute Gasteiger partial charge is 0.160 e. The number of benzene rings is 10. The summed E-state index contributed by atoms with van der Waals surface area (Å²) in [5.41, 5.74) is 29.1. The minimum atomic E-state index is 0.694. The van der Waals surface area contributed by atoms with Crippen LogP contribution in [0.2, 0.25) is 0 Å². The maximum atomic E-state index is 5.09. The lowest BCUT2D eigenvalue weighted by Crippen LogP contribution is -1.96. The Kier molecular flexibility index (Phi) is 19.1. The van der Waals surface area contributed by atoms with Gasteiger partial charge in [0.15, 0.2) is 11.6 Å². The van der Waals surface area contributed by atoms with Gasteiger partial charge in [-0.25, -0.2) is 34.9 Å². The van der Waals surface area contributed by atoms with Crippen molar-refractivity contribution < 1.29 is 0 Å². The first kappa shape index (κ1) is 66.5. The molecule has 10 aromatic carbocycles.